The number of hydrogen-bond acceptors (Lipinski definition) is 3. The van der Waals surface area contributed by atoms with Crippen LogP contribution in [0.5, 0.6) is 0 Å². The van der Waals surface area contributed by atoms with Gasteiger partial charge in [0.05, 0.1) is 6.04 Å². The minimum absolute atomic E-state index is 0.409. The average Bonchev–Trinajstić information content (AvgIpc) is 2.69. The van der Waals surface area contributed by atoms with E-state index in [1.807, 2.05) is 42.1 Å². The second kappa shape index (κ2) is 4.80. The van der Waals surface area contributed by atoms with Crippen LogP contribution in [0.2, 0.25) is 0 Å². The Balaban J connectivity index is 2.55. The molecular weight excluding hydrogens is 230 g/mol. The second-order valence-corrected chi connectivity index (χ2v) is 4.34. The number of likely N-dealkylation sites (N-methyl/N-ethyl adjacent to an activating group) is 1. The monoisotopic (exact) mass is 247 g/mol. The molecule has 2 atom stereocenters. The molecule has 18 heavy (non-hydrogen) atoms. The Bertz CT molecular complexity index is 577. The highest BCUT2D eigenvalue weighted by Gasteiger charge is 2.26. The van der Waals surface area contributed by atoms with Crippen molar-refractivity contribution in [2.24, 2.45) is 12.8 Å². The van der Waals surface area contributed by atoms with Crippen LogP contribution in [0.3, 0.4) is 0 Å². The largest absolute Gasteiger partial charge is 0.480 e. The fourth-order valence-electron chi connectivity index (χ4n) is 2.29. The molecular formula is C13H17N3O2. The summed E-state index contributed by atoms with van der Waals surface area (Å²) in [5.41, 5.74) is 7.70. The van der Waals surface area contributed by atoms with Gasteiger partial charge in [0.25, 0.3) is 0 Å². The van der Waals surface area contributed by atoms with Gasteiger partial charge in [-0.25, -0.2) is 0 Å². The molecule has 2 rings (SSSR count). The van der Waals surface area contributed by atoms with Crippen LogP contribution >= 0.6 is 0 Å². The number of benzene rings is 1. The summed E-state index contributed by atoms with van der Waals surface area (Å²) in [6, 6.07) is 6.48. The predicted octanol–water partition coefficient (Wildman–Crippen LogP) is 0.851. The van der Waals surface area contributed by atoms with Gasteiger partial charge in [-0.05, 0) is 18.7 Å². The van der Waals surface area contributed by atoms with E-state index in [9.17, 15) is 4.79 Å². The average molecular weight is 247 g/mol. The Morgan fingerprint density at radius 2 is 2.11 bits per heavy atom. The third-order valence-electron chi connectivity index (χ3n) is 3.22. The SMILES string of the molecule is CNC(c1cn(C)c2ccccc12)C(N)C(=O)O. The molecule has 4 N–H and O–H groups in total. The summed E-state index contributed by atoms with van der Waals surface area (Å²) in [6.07, 6.45) is 1.93. The van der Waals surface area contributed by atoms with Crippen LogP contribution in [0.4, 0.5) is 0 Å². The molecule has 5 nitrogen and oxygen atoms in total. The van der Waals surface area contributed by atoms with Crippen molar-refractivity contribution in [3.63, 3.8) is 0 Å². The lowest BCUT2D eigenvalue weighted by Gasteiger charge is -2.19. The molecule has 0 radical (unpaired) electrons. The lowest BCUT2D eigenvalue weighted by atomic mass is 9.99. The maximum atomic E-state index is 11.0. The Labute approximate surface area is 105 Å². The molecule has 96 valence electrons. The Morgan fingerprint density at radius 1 is 1.44 bits per heavy atom. The van der Waals surface area contributed by atoms with Crippen molar-refractivity contribution in [2.75, 3.05) is 7.05 Å². The molecule has 5 heteroatoms. The molecule has 0 aliphatic carbocycles. The lowest BCUT2D eigenvalue weighted by Crippen LogP contribution is -2.42. The quantitative estimate of drug-likeness (QED) is 0.748. The van der Waals surface area contributed by atoms with E-state index in [0.29, 0.717) is 0 Å². The molecule has 0 aliphatic rings. The van der Waals surface area contributed by atoms with Gasteiger partial charge in [0.2, 0.25) is 0 Å². The number of aliphatic carboxylic acids is 1. The highest BCUT2D eigenvalue weighted by atomic mass is 16.4. The van der Waals surface area contributed by atoms with Crippen molar-refractivity contribution >= 4 is 16.9 Å². The van der Waals surface area contributed by atoms with Crippen LogP contribution in [0, 0.1) is 0 Å². The van der Waals surface area contributed by atoms with Crippen LogP contribution in [-0.2, 0) is 11.8 Å². The van der Waals surface area contributed by atoms with Gasteiger partial charge in [-0.15, -0.1) is 0 Å². The lowest BCUT2D eigenvalue weighted by molar-refractivity contribution is -0.139. The molecule has 0 bridgehead atoms. The number of aromatic nitrogens is 1. The molecule has 0 spiro atoms. The van der Waals surface area contributed by atoms with E-state index < -0.39 is 18.1 Å². The van der Waals surface area contributed by atoms with Crippen molar-refractivity contribution in [3.8, 4) is 0 Å². The number of aryl methyl sites for hydroxylation is 1. The van der Waals surface area contributed by atoms with E-state index >= 15 is 0 Å². The van der Waals surface area contributed by atoms with Gasteiger partial charge in [0.1, 0.15) is 6.04 Å². The fourth-order valence-corrected chi connectivity index (χ4v) is 2.29. The molecule has 1 aromatic carbocycles. The Kier molecular flexibility index (Phi) is 3.36. The molecule has 0 saturated carbocycles. The van der Waals surface area contributed by atoms with E-state index in [2.05, 4.69) is 5.32 Å². The number of carboxylic acid groups (broad SMARTS) is 1. The zero-order valence-electron chi connectivity index (χ0n) is 10.4. The number of rotatable bonds is 4. The minimum atomic E-state index is -1.01. The zero-order chi connectivity index (χ0) is 13.3. The Hall–Kier alpha value is -1.85. The number of nitrogens with two attached hydrogens (primary N) is 1. The highest BCUT2D eigenvalue weighted by Crippen LogP contribution is 2.27. The van der Waals surface area contributed by atoms with E-state index in [1.165, 1.54) is 0 Å². The number of nitrogens with one attached hydrogen (secondary N) is 1. The molecule has 0 fully saturated rings. The standard InChI is InChI=1S/C13H17N3O2/c1-15-12(11(14)13(17)18)9-7-16(2)10-6-4-3-5-8(9)10/h3-7,11-12,15H,14H2,1-2H3,(H,17,18). The topological polar surface area (TPSA) is 80.3 Å². The van der Waals surface area contributed by atoms with Gasteiger partial charge >= 0.3 is 5.97 Å². The van der Waals surface area contributed by atoms with Crippen LogP contribution in [-0.4, -0.2) is 28.7 Å². The fraction of sp³-hybridized carbons (Fsp3) is 0.308. The number of carboxylic acids is 1. The Morgan fingerprint density at radius 3 is 2.72 bits per heavy atom. The molecule has 2 unspecified atom stereocenters. The number of nitrogens with zero attached hydrogens (tertiary/aromatic N) is 1. The number of hydrogen-bond donors (Lipinski definition) is 3. The van der Waals surface area contributed by atoms with Crippen molar-refractivity contribution in [2.45, 2.75) is 12.1 Å². The summed E-state index contributed by atoms with van der Waals surface area (Å²) in [7, 11) is 3.65. The summed E-state index contributed by atoms with van der Waals surface area (Å²) in [4.78, 5) is 11.0. The van der Waals surface area contributed by atoms with Crippen molar-refractivity contribution < 1.29 is 9.90 Å². The van der Waals surface area contributed by atoms with E-state index in [0.717, 1.165) is 16.5 Å². The van der Waals surface area contributed by atoms with Crippen molar-refractivity contribution in [3.05, 3.63) is 36.0 Å². The smallest absolute Gasteiger partial charge is 0.322 e. The van der Waals surface area contributed by atoms with Crippen molar-refractivity contribution in [1.82, 2.24) is 9.88 Å². The van der Waals surface area contributed by atoms with Gasteiger partial charge < -0.3 is 20.7 Å². The van der Waals surface area contributed by atoms with Crippen LogP contribution in [0.15, 0.2) is 30.5 Å². The molecule has 0 amide bonds. The van der Waals surface area contributed by atoms with Crippen LogP contribution < -0.4 is 11.1 Å². The summed E-state index contributed by atoms with van der Waals surface area (Å²) in [5, 5.41) is 13.1. The highest BCUT2D eigenvalue weighted by molar-refractivity contribution is 5.86. The van der Waals surface area contributed by atoms with Crippen molar-refractivity contribution in [1.29, 1.82) is 0 Å². The molecule has 1 heterocycles. The normalized spacial score (nSPS) is 14.6. The van der Waals surface area contributed by atoms with E-state index in [4.69, 9.17) is 10.8 Å². The van der Waals surface area contributed by atoms with Crippen LogP contribution in [0.1, 0.15) is 11.6 Å². The molecule has 0 aliphatic heterocycles. The first-order valence-electron chi connectivity index (χ1n) is 5.76. The second-order valence-electron chi connectivity index (χ2n) is 4.34. The van der Waals surface area contributed by atoms with Crippen LogP contribution in [0.25, 0.3) is 10.9 Å². The first-order chi connectivity index (χ1) is 8.56. The van der Waals surface area contributed by atoms with Gasteiger partial charge in [0, 0.05) is 24.1 Å². The summed E-state index contributed by atoms with van der Waals surface area (Å²) >= 11 is 0. The third kappa shape index (κ3) is 1.98. The summed E-state index contributed by atoms with van der Waals surface area (Å²) in [5.74, 6) is -1.01. The summed E-state index contributed by atoms with van der Waals surface area (Å²) < 4.78 is 1.98. The zero-order valence-corrected chi connectivity index (χ0v) is 10.4. The predicted molar refractivity (Wildman–Crippen MR) is 70.3 cm³/mol. The number of para-hydroxylation sites is 1. The molecule has 2 aromatic rings. The minimum Gasteiger partial charge on any atom is -0.480 e. The van der Waals surface area contributed by atoms with Gasteiger partial charge in [0.15, 0.2) is 0 Å². The number of fused-ring (bicyclic) bond motifs is 1. The van der Waals surface area contributed by atoms with Gasteiger partial charge in [-0.3, -0.25) is 4.79 Å². The molecule has 1 aromatic heterocycles. The van der Waals surface area contributed by atoms with E-state index in [1.54, 1.807) is 7.05 Å². The first-order valence-corrected chi connectivity index (χ1v) is 5.76. The third-order valence-corrected chi connectivity index (χ3v) is 3.22. The van der Waals surface area contributed by atoms with Gasteiger partial charge in [-0.1, -0.05) is 18.2 Å². The maximum Gasteiger partial charge on any atom is 0.322 e. The summed E-state index contributed by atoms with van der Waals surface area (Å²) in [6.45, 7) is 0. The first kappa shape index (κ1) is 12.6. The van der Waals surface area contributed by atoms with Gasteiger partial charge in [-0.2, -0.15) is 0 Å². The van der Waals surface area contributed by atoms with E-state index in [-0.39, 0.29) is 0 Å². The molecule has 0 saturated heterocycles. The number of carbonyl (C=O) groups is 1. The maximum absolute atomic E-state index is 11.0.